The Bertz CT molecular complexity index is 347. The fourth-order valence-electron chi connectivity index (χ4n) is 2.32. The van der Waals surface area contributed by atoms with Crippen LogP contribution in [-0.2, 0) is 6.42 Å². The van der Waals surface area contributed by atoms with E-state index in [0.717, 1.165) is 19.5 Å². The third-order valence-corrected chi connectivity index (χ3v) is 3.25. The lowest BCUT2D eigenvalue weighted by atomic mass is 10.0. The van der Waals surface area contributed by atoms with Gasteiger partial charge in [-0.3, -0.25) is 4.90 Å². The van der Waals surface area contributed by atoms with E-state index in [4.69, 9.17) is 0 Å². The number of hydrogen-bond acceptors (Lipinski definition) is 2. The van der Waals surface area contributed by atoms with Crippen LogP contribution in [0, 0.1) is 11.3 Å². The van der Waals surface area contributed by atoms with E-state index in [1.165, 1.54) is 24.8 Å². The molecule has 1 fully saturated rings. The predicted molar refractivity (Wildman–Crippen MR) is 65.0 cm³/mol. The van der Waals surface area contributed by atoms with E-state index in [1.54, 1.807) is 0 Å². The Labute approximate surface area is 97.5 Å². The van der Waals surface area contributed by atoms with Crippen molar-refractivity contribution in [1.29, 1.82) is 5.26 Å². The number of hydrogen-bond donors (Lipinski definition) is 0. The summed E-state index contributed by atoms with van der Waals surface area (Å²) >= 11 is 0. The van der Waals surface area contributed by atoms with E-state index in [2.05, 4.69) is 23.1 Å². The van der Waals surface area contributed by atoms with Crippen LogP contribution >= 0.6 is 0 Å². The van der Waals surface area contributed by atoms with E-state index in [1.807, 2.05) is 18.2 Å². The molecule has 1 aromatic rings. The zero-order chi connectivity index (χ0) is 11.2. The second kappa shape index (κ2) is 5.67. The van der Waals surface area contributed by atoms with Crippen LogP contribution in [-0.4, -0.2) is 24.0 Å². The van der Waals surface area contributed by atoms with Gasteiger partial charge in [0.2, 0.25) is 0 Å². The van der Waals surface area contributed by atoms with Gasteiger partial charge in [0, 0.05) is 6.42 Å². The summed E-state index contributed by atoms with van der Waals surface area (Å²) < 4.78 is 0. The lowest BCUT2D eigenvalue weighted by Gasteiger charge is -2.30. The van der Waals surface area contributed by atoms with Gasteiger partial charge in [-0.15, -0.1) is 0 Å². The van der Waals surface area contributed by atoms with Crippen LogP contribution < -0.4 is 0 Å². The summed E-state index contributed by atoms with van der Waals surface area (Å²) in [5, 5.41) is 9.25. The van der Waals surface area contributed by atoms with E-state index in [9.17, 15) is 5.26 Å². The molecule has 0 aliphatic carbocycles. The highest BCUT2D eigenvalue weighted by Crippen LogP contribution is 2.15. The number of likely N-dealkylation sites (tertiary alicyclic amines) is 1. The molecule has 1 aliphatic heterocycles. The van der Waals surface area contributed by atoms with Crippen LogP contribution in [0.1, 0.15) is 24.8 Å². The molecule has 0 spiro atoms. The van der Waals surface area contributed by atoms with Gasteiger partial charge in [0.25, 0.3) is 0 Å². The van der Waals surface area contributed by atoms with Crippen molar-refractivity contribution in [1.82, 2.24) is 4.90 Å². The van der Waals surface area contributed by atoms with Crippen molar-refractivity contribution in [2.75, 3.05) is 13.1 Å². The molecular formula is C14H18N2. The predicted octanol–water partition coefficient (Wildman–Crippen LogP) is 2.61. The van der Waals surface area contributed by atoms with Crippen molar-refractivity contribution in [2.24, 2.45) is 0 Å². The first-order chi connectivity index (χ1) is 7.90. The van der Waals surface area contributed by atoms with E-state index in [0.29, 0.717) is 0 Å². The fraction of sp³-hybridized carbons (Fsp3) is 0.500. The summed E-state index contributed by atoms with van der Waals surface area (Å²) in [6, 6.07) is 12.8. The van der Waals surface area contributed by atoms with Gasteiger partial charge in [0.05, 0.1) is 6.07 Å². The average molecular weight is 214 g/mol. The molecule has 0 aromatic heterocycles. The smallest absolute Gasteiger partial charge is 0.102 e. The van der Waals surface area contributed by atoms with Crippen molar-refractivity contribution in [3.05, 3.63) is 35.9 Å². The van der Waals surface area contributed by atoms with Gasteiger partial charge in [-0.25, -0.2) is 0 Å². The number of piperidine rings is 1. The molecule has 0 radical (unpaired) electrons. The van der Waals surface area contributed by atoms with Gasteiger partial charge in [-0.1, -0.05) is 36.8 Å². The van der Waals surface area contributed by atoms with Crippen LogP contribution in [0.3, 0.4) is 0 Å². The van der Waals surface area contributed by atoms with Crippen molar-refractivity contribution in [2.45, 2.75) is 31.7 Å². The molecule has 1 saturated heterocycles. The summed E-state index contributed by atoms with van der Waals surface area (Å²) in [6.45, 7) is 2.18. The van der Waals surface area contributed by atoms with Gasteiger partial charge in [-0.05, 0) is 31.5 Å². The molecule has 0 N–H and O–H groups in total. The lowest BCUT2D eigenvalue weighted by Crippen LogP contribution is -2.39. The molecule has 1 heterocycles. The molecule has 1 atom stereocenters. The second-order valence-electron chi connectivity index (χ2n) is 4.43. The Morgan fingerprint density at radius 3 is 2.44 bits per heavy atom. The normalized spacial score (nSPS) is 18.9. The minimum Gasteiger partial charge on any atom is -0.288 e. The third-order valence-electron chi connectivity index (χ3n) is 3.25. The first-order valence-corrected chi connectivity index (χ1v) is 6.08. The van der Waals surface area contributed by atoms with Crippen molar-refractivity contribution in [3.63, 3.8) is 0 Å². The number of benzene rings is 1. The van der Waals surface area contributed by atoms with Crippen LogP contribution in [0.4, 0.5) is 0 Å². The standard InChI is InChI=1S/C14H18N2/c15-12-14(16-9-5-2-6-10-16)11-13-7-3-1-4-8-13/h1,3-4,7-8,14H,2,5-6,9-11H2. The number of rotatable bonds is 3. The van der Waals surface area contributed by atoms with Gasteiger partial charge < -0.3 is 0 Å². The molecule has 0 amide bonds. The minimum atomic E-state index is 0.0581. The number of nitrogens with zero attached hydrogens (tertiary/aromatic N) is 2. The van der Waals surface area contributed by atoms with Crippen molar-refractivity contribution >= 4 is 0 Å². The Kier molecular flexibility index (Phi) is 3.96. The first-order valence-electron chi connectivity index (χ1n) is 6.08. The molecule has 16 heavy (non-hydrogen) atoms. The van der Waals surface area contributed by atoms with Gasteiger partial charge in [0.1, 0.15) is 6.04 Å². The third kappa shape index (κ3) is 2.84. The van der Waals surface area contributed by atoms with Crippen LogP contribution in [0.5, 0.6) is 0 Å². The Hall–Kier alpha value is -1.33. The zero-order valence-corrected chi connectivity index (χ0v) is 9.60. The van der Waals surface area contributed by atoms with Crippen LogP contribution in [0.25, 0.3) is 0 Å². The first kappa shape index (κ1) is 11.2. The van der Waals surface area contributed by atoms with E-state index >= 15 is 0 Å². The maximum Gasteiger partial charge on any atom is 0.102 e. The fourth-order valence-corrected chi connectivity index (χ4v) is 2.32. The molecule has 2 heteroatoms. The Morgan fingerprint density at radius 2 is 1.81 bits per heavy atom. The van der Waals surface area contributed by atoms with Crippen molar-refractivity contribution in [3.8, 4) is 6.07 Å². The number of nitriles is 1. The second-order valence-corrected chi connectivity index (χ2v) is 4.43. The zero-order valence-electron chi connectivity index (χ0n) is 9.60. The van der Waals surface area contributed by atoms with Crippen LogP contribution in [0.15, 0.2) is 30.3 Å². The molecular weight excluding hydrogens is 196 g/mol. The van der Waals surface area contributed by atoms with Gasteiger partial charge in [0.15, 0.2) is 0 Å². The monoisotopic (exact) mass is 214 g/mol. The summed E-state index contributed by atoms with van der Waals surface area (Å²) in [7, 11) is 0. The van der Waals surface area contributed by atoms with Crippen LogP contribution in [0.2, 0.25) is 0 Å². The Morgan fingerprint density at radius 1 is 1.12 bits per heavy atom. The Balaban J connectivity index is 1.98. The largest absolute Gasteiger partial charge is 0.288 e. The molecule has 0 saturated carbocycles. The summed E-state index contributed by atoms with van der Waals surface area (Å²) in [6.07, 6.45) is 4.66. The topological polar surface area (TPSA) is 27.0 Å². The molecule has 2 rings (SSSR count). The van der Waals surface area contributed by atoms with Gasteiger partial charge >= 0.3 is 0 Å². The molecule has 1 aliphatic rings. The quantitative estimate of drug-likeness (QED) is 0.773. The summed E-state index contributed by atoms with van der Waals surface area (Å²) in [5.41, 5.74) is 1.26. The molecule has 84 valence electrons. The highest BCUT2D eigenvalue weighted by Gasteiger charge is 2.20. The highest BCUT2D eigenvalue weighted by molar-refractivity contribution is 5.18. The molecule has 1 aromatic carbocycles. The maximum atomic E-state index is 9.25. The average Bonchev–Trinajstić information content (AvgIpc) is 2.38. The van der Waals surface area contributed by atoms with E-state index < -0.39 is 0 Å². The van der Waals surface area contributed by atoms with Crippen molar-refractivity contribution < 1.29 is 0 Å². The SMILES string of the molecule is N#CC(Cc1ccccc1)N1CCCCC1. The molecule has 1 unspecified atom stereocenters. The summed E-state index contributed by atoms with van der Waals surface area (Å²) in [4.78, 5) is 2.33. The summed E-state index contributed by atoms with van der Waals surface area (Å²) in [5.74, 6) is 0. The molecule has 0 bridgehead atoms. The maximum absolute atomic E-state index is 9.25. The van der Waals surface area contributed by atoms with E-state index in [-0.39, 0.29) is 6.04 Å². The lowest BCUT2D eigenvalue weighted by molar-refractivity contribution is 0.194. The molecule has 2 nitrogen and oxygen atoms in total. The highest BCUT2D eigenvalue weighted by atomic mass is 15.2. The minimum absolute atomic E-state index is 0.0581. The van der Waals surface area contributed by atoms with Gasteiger partial charge in [-0.2, -0.15) is 5.26 Å².